The zero-order valence-corrected chi connectivity index (χ0v) is 7.87. The Morgan fingerprint density at radius 2 is 2.29 bits per heavy atom. The lowest BCUT2D eigenvalue weighted by molar-refractivity contribution is 0.298. The first-order valence-electron chi connectivity index (χ1n) is 4.46. The maximum Gasteiger partial charge on any atom is 0.139 e. The molecule has 2 heterocycles. The number of rotatable bonds is 2. The van der Waals surface area contributed by atoms with Crippen LogP contribution in [0, 0.1) is 12.7 Å². The topological polar surface area (TPSA) is 37.5 Å². The van der Waals surface area contributed by atoms with Crippen molar-refractivity contribution in [3.05, 3.63) is 35.5 Å². The van der Waals surface area contributed by atoms with Crippen LogP contribution in [-0.2, 0) is 6.42 Å². The highest BCUT2D eigenvalue weighted by molar-refractivity contribution is 5.43. The Balaban J connectivity index is 2.62. The normalized spacial score (nSPS) is 11.1. The summed E-state index contributed by atoms with van der Waals surface area (Å²) >= 11 is 0. The van der Waals surface area contributed by atoms with E-state index in [-0.39, 0.29) is 12.4 Å². The molecule has 2 aromatic rings. The van der Waals surface area contributed by atoms with E-state index in [4.69, 9.17) is 5.11 Å². The molecule has 0 aromatic carbocycles. The summed E-state index contributed by atoms with van der Waals surface area (Å²) < 4.78 is 14.6. The number of hydrogen-bond donors (Lipinski definition) is 1. The minimum Gasteiger partial charge on any atom is -0.396 e. The second kappa shape index (κ2) is 3.38. The molecule has 0 amide bonds. The summed E-state index contributed by atoms with van der Waals surface area (Å²) in [7, 11) is 0. The number of aromatic nitrogens is 2. The monoisotopic (exact) mass is 194 g/mol. The van der Waals surface area contributed by atoms with Crippen molar-refractivity contribution in [1.82, 2.24) is 9.38 Å². The molecular formula is C10H11FN2O. The maximum atomic E-state index is 12.9. The number of aryl methyl sites for hydroxylation is 1. The largest absolute Gasteiger partial charge is 0.396 e. The zero-order chi connectivity index (χ0) is 10.1. The number of pyridine rings is 1. The fraction of sp³-hybridized carbons (Fsp3) is 0.300. The molecule has 4 heteroatoms. The van der Waals surface area contributed by atoms with Crippen molar-refractivity contribution >= 4 is 5.65 Å². The van der Waals surface area contributed by atoms with E-state index in [9.17, 15) is 4.39 Å². The number of aliphatic hydroxyl groups excluding tert-OH is 1. The molecule has 0 atom stereocenters. The Morgan fingerprint density at radius 3 is 3.00 bits per heavy atom. The number of imidazole rings is 1. The van der Waals surface area contributed by atoms with Gasteiger partial charge in [-0.15, -0.1) is 0 Å². The minimum atomic E-state index is -0.284. The summed E-state index contributed by atoms with van der Waals surface area (Å²) in [5.41, 5.74) is 2.42. The van der Waals surface area contributed by atoms with Crippen LogP contribution in [0.4, 0.5) is 4.39 Å². The molecule has 0 saturated heterocycles. The third-order valence-electron chi connectivity index (χ3n) is 2.27. The van der Waals surface area contributed by atoms with Crippen LogP contribution < -0.4 is 0 Å². The van der Waals surface area contributed by atoms with Gasteiger partial charge in [-0.05, 0) is 19.1 Å². The van der Waals surface area contributed by atoms with Gasteiger partial charge in [0.2, 0.25) is 0 Å². The zero-order valence-electron chi connectivity index (χ0n) is 7.87. The van der Waals surface area contributed by atoms with Gasteiger partial charge in [0.1, 0.15) is 11.5 Å². The molecule has 2 rings (SSSR count). The summed E-state index contributed by atoms with van der Waals surface area (Å²) in [6.07, 6.45) is 1.91. The molecule has 0 unspecified atom stereocenters. The molecule has 0 aliphatic heterocycles. The third-order valence-corrected chi connectivity index (χ3v) is 2.27. The Hall–Kier alpha value is -1.42. The van der Waals surface area contributed by atoms with E-state index < -0.39 is 0 Å². The van der Waals surface area contributed by atoms with Crippen molar-refractivity contribution in [3.8, 4) is 0 Å². The van der Waals surface area contributed by atoms with Gasteiger partial charge in [0, 0.05) is 24.9 Å². The lowest BCUT2D eigenvalue weighted by Gasteiger charge is -1.96. The predicted molar refractivity (Wildman–Crippen MR) is 50.7 cm³/mol. The lowest BCUT2D eigenvalue weighted by Crippen LogP contribution is -1.94. The van der Waals surface area contributed by atoms with E-state index in [0.29, 0.717) is 12.1 Å². The van der Waals surface area contributed by atoms with Crippen LogP contribution in [0.1, 0.15) is 11.4 Å². The van der Waals surface area contributed by atoms with Gasteiger partial charge < -0.3 is 9.51 Å². The lowest BCUT2D eigenvalue weighted by atomic mass is 10.3. The van der Waals surface area contributed by atoms with E-state index in [1.165, 1.54) is 12.3 Å². The van der Waals surface area contributed by atoms with Crippen molar-refractivity contribution in [2.75, 3.05) is 6.61 Å². The number of nitrogens with zero attached hydrogens (tertiary/aromatic N) is 2. The van der Waals surface area contributed by atoms with Crippen LogP contribution in [0.15, 0.2) is 18.3 Å². The highest BCUT2D eigenvalue weighted by atomic mass is 19.1. The van der Waals surface area contributed by atoms with Crippen molar-refractivity contribution in [2.45, 2.75) is 13.3 Å². The van der Waals surface area contributed by atoms with Gasteiger partial charge in [-0.25, -0.2) is 9.37 Å². The fourth-order valence-corrected chi connectivity index (χ4v) is 1.53. The van der Waals surface area contributed by atoms with Crippen molar-refractivity contribution in [1.29, 1.82) is 0 Å². The molecule has 0 radical (unpaired) electrons. The number of halogens is 1. The van der Waals surface area contributed by atoms with Crippen molar-refractivity contribution in [2.24, 2.45) is 0 Å². The molecule has 0 fully saturated rings. The van der Waals surface area contributed by atoms with Gasteiger partial charge in [0.15, 0.2) is 0 Å². The number of fused-ring (bicyclic) bond motifs is 1. The van der Waals surface area contributed by atoms with Crippen LogP contribution in [0.2, 0.25) is 0 Å². The van der Waals surface area contributed by atoms with E-state index in [1.54, 1.807) is 10.5 Å². The van der Waals surface area contributed by atoms with Crippen molar-refractivity contribution in [3.63, 3.8) is 0 Å². The first-order chi connectivity index (χ1) is 6.72. The molecule has 0 aliphatic rings. The molecule has 14 heavy (non-hydrogen) atoms. The molecule has 0 aliphatic carbocycles. The summed E-state index contributed by atoms with van der Waals surface area (Å²) in [4.78, 5) is 4.28. The summed E-state index contributed by atoms with van der Waals surface area (Å²) in [5.74, 6) is -0.284. The highest BCUT2D eigenvalue weighted by Gasteiger charge is 2.07. The van der Waals surface area contributed by atoms with E-state index in [1.807, 2.05) is 6.92 Å². The summed E-state index contributed by atoms with van der Waals surface area (Å²) in [5, 5.41) is 8.80. The van der Waals surface area contributed by atoms with E-state index in [0.717, 1.165) is 11.4 Å². The summed E-state index contributed by atoms with van der Waals surface area (Å²) in [6, 6.07) is 3.01. The minimum absolute atomic E-state index is 0.0627. The second-order valence-electron chi connectivity index (χ2n) is 3.19. The van der Waals surface area contributed by atoms with Gasteiger partial charge >= 0.3 is 0 Å². The van der Waals surface area contributed by atoms with Gasteiger partial charge in [0.05, 0.1) is 5.69 Å². The Kier molecular flexibility index (Phi) is 2.21. The Morgan fingerprint density at radius 1 is 1.50 bits per heavy atom. The highest BCUT2D eigenvalue weighted by Crippen LogP contribution is 2.12. The average Bonchev–Trinajstić information content (AvgIpc) is 2.46. The van der Waals surface area contributed by atoms with Crippen LogP contribution in [-0.4, -0.2) is 21.1 Å². The smallest absolute Gasteiger partial charge is 0.139 e. The third kappa shape index (κ3) is 1.37. The van der Waals surface area contributed by atoms with Crippen LogP contribution in [0.5, 0.6) is 0 Å². The molecule has 74 valence electrons. The Labute approximate surface area is 80.8 Å². The molecule has 0 saturated carbocycles. The maximum absolute atomic E-state index is 12.9. The summed E-state index contributed by atoms with van der Waals surface area (Å²) in [6.45, 7) is 1.93. The molecule has 0 bridgehead atoms. The van der Waals surface area contributed by atoms with Gasteiger partial charge in [-0.1, -0.05) is 0 Å². The Bertz CT molecular complexity index is 464. The van der Waals surface area contributed by atoms with Crippen LogP contribution in [0.3, 0.4) is 0 Å². The molecule has 1 N–H and O–H groups in total. The van der Waals surface area contributed by atoms with Crippen LogP contribution in [0.25, 0.3) is 5.65 Å². The van der Waals surface area contributed by atoms with Gasteiger partial charge in [0.25, 0.3) is 0 Å². The number of hydrogen-bond acceptors (Lipinski definition) is 2. The first-order valence-corrected chi connectivity index (χ1v) is 4.46. The fourth-order valence-electron chi connectivity index (χ4n) is 1.53. The molecule has 0 spiro atoms. The average molecular weight is 194 g/mol. The van der Waals surface area contributed by atoms with E-state index in [2.05, 4.69) is 4.98 Å². The standard InChI is InChI=1S/C10H11FN2O/c1-7-9(4-5-14)12-10-3-2-8(11)6-13(7)10/h2-3,6,14H,4-5H2,1H3. The number of aliphatic hydroxyl groups is 1. The second-order valence-corrected chi connectivity index (χ2v) is 3.19. The predicted octanol–water partition coefficient (Wildman–Crippen LogP) is 1.32. The van der Waals surface area contributed by atoms with Gasteiger partial charge in [-0.3, -0.25) is 0 Å². The van der Waals surface area contributed by atoms with E-state index >= 15 is 0 Å². The quantitative estimate of drug-likeness (QED) is 0.782. The molecule has 2 aromatic heterocycles. The SMILES string of the molecule is Cc1c(CCO)nc2ccc(F)cn12. The van der Waals surface area contributed by atoms with Crippen LogP contribution >= 0.6 is 0 Å². The van der Waals surface area contributed by atoms with Crippen molar-refractivity contribution < 1.29 is 9.50 Å². The first kappa shape index (κ1) is 9.15. The molecular weight excluding hydrogens is 183 g/mol. The van der Waals surface area contributed by atoms with Gasteiger partial charge in [-0.2, -0.15) is 0 Å². The molecule has 3 nitrogen and oxygen atoms in total.